The lowest BCUT2D eigenvalue weighted by Crippen LogP contribution is -2.53. The van der Waals surface area contributed by atoms with E-state index in [1.807, 2.05) is 13.8 Å². The van der Waals surface area contributed by atoms with Gasteiger partial charge in [0.2, 0.25) is 5.91 Å². The van der Waals surface area contributed by atoms with Gasteiger partial charge in [0.05, 0.1) is 24.1 Å². The van der Waals surface area contributed by atoms with Crippen molar-refractivity contribution in [2.24, 2.45) is 11.8 Å². The van der Waals surface area contributed by atoms with Crippen molar-refractivity contribution in [3.05, 3.63) is 35.6 Å². The van der Waals surface area contributed by atoms with Gasteiger partial charge in [0, 0.05) is 24.5 Å². The fourth-order valence-corrected chi connectivity index (χ4v) is 7.02. The predicted octanol–water partition coefficient (Wildman–Crippen LogP) is 3.28. The minimum absolute atomic E-state index is 0.0258. The lowest BCUT2D eigenvalue weighted by atomic mass is 9.76. The molecule has 3 saturated heterocycles. The highest BCUT2D eigenvalue weighted by atomic mass is 19.3. The van der Waals surface area contributed by atoms with Gasteiger partial charge >= 0.3 is 13.2 Å². The lowest BCUT2D eigenvalue weighted by Gasteiger charge is -2.40. The maximum Gasteiger partial charge on any atom is 0.475 e. The van der Waals surface area contributed by atoms with Crippen LogP contribution in [0.15, 0.2) is 24.3 Å². The molecule has 1 aromatic rings. The lowest BCUT2D eigenvalue weighted by molar-refractivity contribution is -0.141. The molecule has 1 aromatic carbocycles. The SMILES string of the molecule is CC(CC(C)(C)N1CCC(F)(F)C1)C(C#N)C(=O)N1C2CCC1(COC(=O)N[C@@H](Cc1ccc(F)cc1)B(O)O)CC2. The Kier molecular flexibility index (Phi) is 9.50. The molecule has 2 bridgehead atoms. The van der Waals surface area contributed by atoms with Gasteiger partial charge in [-0.05, 0) is 76.0 Å². The number of amides is 2. The number of halogens is 3. The highest BCUT2D eigenvalue weighted by molar-refractivity contribution is 6.43. The second kappa shape index (κ2) is 12.4. The molecule has 3 fully saturated rings. The van der Waals surface area contributed by atoms with Crippen LogP contribution in [0.4, 0.5) is 18.0 Å². The predicted molar refractivity (Wildman–Crippen MR) is 149 cm³/mol. The molecule has 2 amide bonds. The Labute approximate surface area is 245 Å². The average Bonchev–Trinajstić information content (AvgIpc) is 3.59. The summed E-state index contributed by atoms with van der Waals surface area (Å²) in [5.74, 6) is -6.01. The van der Waals surface area contributed by atoms with Crippen molar-refractivity contribution in [3.63, 3.8) is 0 Å². The van der Waals surface area contributed by atoms with Gasteiger partial charge in [0.1, 0.15) is 18.3 Å². The highest BCUT2D eigenvalue weighted by Crippen LogP contribution is 2.48. The van der Waals surface area contributed by atoms with Gasteiger partial charge in [0.15, 0.2) is 0 Å². The largest absolute Gasteiger partial charge is 0.475 e. The minimum Gasteiger partial charge on any atom is -0.447 e. The van der Waals surface area contributed by atoms with Crippen molar-refractivity contribution >= 4 is 19.1 Å². The van der Waals surface area contributed by atoms with E-state index in [1.165, 1.54) is 24.3 Å². The summed E-state index contributed by atoms with van der Waals surface area (Å²) in [7, 11) is -1.89. The van der Waals surface area contributed by atoms with Gasteiger partial charge in [-0.2, -0.15) is 5.26 Å². The average molecular weight is 592 g/mol. The second-order valence-electron chi connectivity index (χ2n) is 12.9. The Morgan fingerprint density at radius 2 is 1.86 bits per heavy atom. The highest BCUT2D eigenvalue weighted by Gasteiger charge is 2.56. The van der Waals surface area contributed by atoms with E-state index >= 15 is 0 Å². The molecule has 3 N–H and O–H groups in total. The number of rotatable bonds is 11. The van der Waals surface area contributed by atoms with Crippen LogP contribution in [0.25, 0.3) is 0 Å². The molecule has 0 aromatic heterocycles. The minimum atomic E-state index is -2.74. The number of benzene rings is 1. The molecule has 0 aliphatic carbocycles. The standard InChI is InChI=1S/C29H40BF3N4O5/c1-19(15-27(2,3)36-13-12-29(32,33)17-36)23(16-34)25(38)37-22-8-10-28(37,11-9-22)18-42-26(39)35-24(30(40)41)14-20-4-6-21(31)7-5-20/h4-7,19,22-24,40-41H,8-15,17-18H2,1-3H3,(H,35,39)/t19?,22?,23?,24-,28?/m0/s1. The molecule has 3 heterocycles. The Morgan fingerprint density at radius 3 is 2.40 bits per heavy atom. The number of fused-ring (bicyclic) bond motifs is 2. The van der Waals surface area contributed by atoms with E-state index in [0.717, 1.165) is 0 Å². The first-order valence-corrected chi connectivity index (χ1v) is 14.6. The van der Waals surface area contributed by atoms with Crippen molar-refractivity contribution in [3.8, 4) is 6.07 Å². The third-order valence-electron chi connectivity index (χ3n) is 9.32. The normalized spacial score (nSPS) is 25.5. The van der Waals surface area contributed by atoms with E-state index < -0.39 is 53.8 Å². The summed E-state index contributed by atoms with van der Waals surface area (Å²) in [5.41, 5.74) is -0.817. The summed E-state index contributed by atoms with van der Waals surface area (Å²) in [6, 6.07) is 7.51. The maximum atomic E-state index is 13.9. The number of likely N-dealkylation sites (tertiary alicyclic amines) is 1. The molecule has 3 aliphatic rings. The van der Waals surface area contributed by atoms with E-state index in [2.05, 4.69) is 11.4 Å². The molecule has 0 radical (unpaired) electrons. The van der Waals surface area contributed by atoms with E-state index in [4.69, 9.17) is 4.74 Å². The van der Waals surface area contributed by atoms with Gasteiger partial charge in [0.25, 0.3) is 5.92 Å². The molecule has 13 heteroatoms. The van der Waals surface area contributed by atoms with E-state index in [-0.39, 0.29) is 44.5 Å². The summed E-state index contributed by atoms with van der Waals surface area (Å²) in [4.78, 5) is 30.0. The number of alkyl carbamates (subject to hydrolysis) is 1. The number of alkyl halides is 2. The Bertz CT molecular complexity index is 1170. The van der Waals surface area contributed by atoms with Crippen LogP contribution in [0.1, 0.15) is 64.9 Å². The Morgan fingerprint density at radius 1 is 1.21 bits per heavy atom. The summed E-state index contributed by atoms with van der Waals surface area (Å²) in [6.45, 7) is 5.33. The summed E-state index contributed by atoms with van der Waals surface area (Å²) in [5, 5.41) is 32.1. The van der Waals surface area contributed by atoms with E-state index in [1.54, 1.807) is 16.7 Å². The number of hydrogen-bond acceptors (Lipinski definition) is 7. The van der Waals surface area contributed by atoms with Gasteiger partial charge < -0.3 is 25.0 Å². The summed E-state index contributed by atoms with van der Waals surface area (Å²) >= 11 is 0. The van der Waals surface area contributed by atoms with Crippen LogP contribution in [0.5, 0.6) is 0 Å². The summed E-state index contributed by atoms with van der Waals surface area (Å²) in [6.07, 6.45) is 1.93. The van der Waals surface area contributed by atoms with Gasteiger partial charge in [-0.1, -0.05) is 19.1 Å². The van der Waals surface area contributed by atoms with Crippen LogP contribution < -0.4 is 5.32 Å². The van der Waals surface area contributed by atoms with Crippen molar-refractivity contribution in [1.29, 1.82) is 5.26 Å². The summed E-state index contributed by atoms with van der Waals surface area (Å²) < 4.78 is 46.5. The molecule has 42 heavy (non-hydrogen) atoms. The zero-order chi connectivity index (χ0) is 30.9. The monoisotopic (exact) mass is 592 g/mol. The van der Waals surface area contributed by atoms with Crippen LogP contribution in [-0.2, 0) is 16.0 Å². The van der Waals surface area contributed by atoms with Crippen LogP contribution in [0.3, 0.4) is 0 Å². The number of carbonyl (C=O) groups is 2. The number of hydrogen-bond donors (Lipinski definition) is 3. The topological polar surface area (TPSA) is 126 Å². The van der Waals surface area contributed by atoms with Crippen molar-refractivity contribution in [2.45, 2.75) is 94.7 Å². The number of nitrogens with zero attached hydrogens (tertiary/aromatic N) is 3. The maximum absolute atomic E-state index is 13.9. The van der Waals surface area contributed by atoms with Crippen molar-refractivity contribution < 1.29 is 37.5 Å². The zero-order valence-corrected chi connectivity index (χ0v) is 24.4. The number of nitrogens with one attached hydrogen (secondary N) is 1. The van der Waals surface area contributed by atoms with Gasteiger partial charge in [-0.3, -0.25) is 9.69 Å². The molecular formula is C29H40BF3N4O5. The zero-order valence-electron chi connectivity index (χ0n) is 24.4. The molecule has 3 aliphatic heterocycles. The fourth-order valence-electron chi connectivity index (χ4n) is 7.02. The second-order valence-corrected chi connectivity index (χ2v) is 12.9. The first kappa shape index (κ1) is 32.1. The van der Waals surface area contributed by atoms with E-state index in [0.29, 0.717) is 37.7 Å². The van der Waals surface area contributed by atoms with Crippen LogP contribution >= 0.6 is 0 Å². The Balaban J connectivity index is 1.38. The molecule has 0 spiro atoms. The van der Waals surface area contributed by atoms with Crippen LogP contribution in [-0.4, -0.2) is 87.6 Å². The number of carbonyl (C=O) groups excluding carboxylic acids is 2. The fraction of sp³-hybridized carbons (Fsp3) is 0.690. The molecule has 230 valence electrons. The molecule has 9 nitrogen and oxygen atoms in total. The van der Waals surface area contributed by atoms with Crippen LogP contribution in [0, 0.1) is 29.0 Å². The van der Waals surface area contributed by atoms with Crippen molar-refractivity contribution in [1.82, 2.24) is 15.1 Å². The number of nitriles is 1. The molecule has 2 unspecified atom stereocenters. The molecule has 3 atom stereocenters. The quantitative estimate of drug-likeness (QED) is 0.337. The van der Waals surface area contributed by atoms with Crippen molar-refractivity contribution in [2.75, 3.05) is 19.7 Å². The first-order valence-electron chi connectivity index (χ1n) is 14.6. The Hall–Kier alpha value is -2.82. The smallest absolute Gasteiger partial charge is 0.447 e. The molecule has 0 saturated carbocycles. The number of ether oxygens (including phenoxy) is 1. The van der Waals surface area contributed by atoms with Gasteiger partial charge in [-0.15, -0.1) is 0 Å². The first-order chi connectivity index (χ1) is 19.7. The molecular weight excluding hydrogens is 552 g/mol. The third-order valence-corrected chi connectivity index (χ3v) is 9.32. The van der Waals surface area contributed by atoms with Gasteiger partial charge in [-0.25, -0.2) is 18.0 Å². The van der Waals surface area contributed by atoms with Crippen LogP contribution in [0.2, 0.25) is 0 Å². The van der Waals surface area contributed by atoms with E-state index in [9.17, 15) is 38.1 Å². The third kappa shape index (κ3) is 7.04. The molecule has 4 rings (SSSR count).